The summed E-state index contributed by atoms with van der Waals surface area (Å²) >= 11 is 0. The van der Waals surface area contributed by atoms with Gasteiger partial charge in [-0.25, -0.2) is 0 Å². The number of ether oxygens (including phenoxy) is 1. The molecule has 1 aliphatic carbocycles. The van der Waals surface area contributed by atoms with Crippen molar-refractivity contribution in [1.82, 2.24) is 0 Å². The third kappa shape index (κ3) is 2.51. The van der Waals surface area contributed by atoms with Crippen molar-refractivity contribution < 1.29 is 17.9 Å². The number of fused-ring (bicyclic) bond motifs is 2. The topological polar surface area (TPSA) is 21.3 Å². The Balaban J connectivity index is 1.89. The smallest absolute Gasteiger partial charge is 0.416 e. The molecule has 2 nitrogen and oxygen atoms in total. The maximum Gasteiger partial charge on any atom is 0.416 e. The van der Waals surface area contributed by atoms with Crippen molar-refractivity contribution in [1.29, 1.82) is 0 Å². The number of alkyl halides is 3. The average molecular weight is 271 g/mol. The van der Waals surface area contributed by atoms with E-state index in [0.29, 0.717) is 11.4 Å². The fourth-order valence-electron chi connectivity index (χ4n) is 2.86. The van der Waals surface area contributed by atoms with Crippen molar-refractivity contribution in [2.45, 2.75) is 50.4 Å². The molecule has 104 valence electrons. The molecule has 1 saturated carbocycles. The maximum atomic E-state index is 12.7. The minimum Gasteiger partial charge on any atom is -0.486 e. The van der Waals surface area contributed by atoms with Crippen molar-refractivity contribution >= 4 is 5.69 Å². The SMILES string of the molecule is FC(F)(F)c1ccc2c(c1)NC1CCCCCC1O2. The molecule has 0 radical (unpaired) electrons. The Morgan fingerprint density at radius 2 is 1.89 bits per heavy atom. The molecule has 5 heteroatoms. The Labute approximate surface area is 109 Å². The molecule has 1 aromatic carbocycles. The second kappa shape index (κ2) is 4.62. The highest BCUT2D eigenvalue weighted by Gasteiger charge is 2.34. The van der Waals surface area contributed by atoms with E-state index in [1.807, 2.05) is 0 Å². The van der Waals surface area contributed by atoms with E-state index in [-0.39, 0.29) is 12.1 Å². The van der Waals surface area contributed by atoms with Crippen LogP contribution in [0.4, 0.5) is 18.9 Å². The van der Waals surface area contributed by atoms with Gasteiger partial charge in [-0.1, -0.05) is 12.8 Å². The van der Waals surface area contributed by atoms with Crippen molar-refractivity contribution in [3.63, 3.8) is 0 Å². The van der Waals surface area contributed by atoms with Crippen LogP contribution in [0.2, 0.25) is 0 Å². The number of benzene rings is 1. The first-order valence-electron chi connectivity index (χ1n) is 6.68. The van der Waals surface area contributed by atoms with Gasteiger partial charge in [-0.2, -0.15) is 13.2 Å². The van der Waals surface area contributed by atoms with Gasteiger partial charge >= 0.3 is 6.18 Å². The summed E-state index contributed by atoms with van der Waals surface area (Å²) in [5, 5.41) is 3.23. The summed E-state index contributed by atoms with van der Waals surface area (Å²) in [6, 6.07) is 3.79. The molecular formula is C14H16F3NO. The third-order valence-electron chi connectivity index (χ3n) is 3.88. The molecule has 1 aliphatic heterocycles. The summed E-state index contributed by atoms with van der Waals surface area (Å²) in [6.07, 6.45) is 1.11. The lowest BCUT2D eigenvalue weighted by Crippen LogP contribution is -2.40. The van der Waals surface area contributed by atoms with Gasteiger partial charge in [-0.05, 0) is 37.5 Å². The Morgan fingerprint density at radius 1 is 1.11 bits per heavy atom. The number of halogens is 3. The first-order chi connectivity index (χ1) is 9.04. The summed E-state index contributed by atoms with van der Waals surface area (Å²) < 4.78 is 43.9. The fraction of sp³-hybridized carbons (Fsp3) is 0.571. The predicted molar refractivity (Wildman–Crippen MR) is 66.4 cm³/mol. The molecule has 3 rings (SSSR count). The zero-order chi connectivity index (χ0) is 13.5. The zero-order valence-corrected chi connectivity index (χ0v) is 10.5. The van der Waals surface area contributed by atoms with E-state index in [1.54, 1.807) is 0 Å². The molecule has 2 aliphatic rings. The van der Waals surface area contributed by atoms with Crippen LogP contribution in [0.15, 0.2) is 18.2 Å². The molecule has 0 spiro atoms. The van der Waals surface area contributed by atoms with E-state index < -0.39 is 11.7 Å². The van der Waals surface area contributed by atoms with Crippen molar-refractivity contribution in [3.05, 3.63) is 23.8 Å². The van der Waals surface area contributed by atoms with Crippen molar-refractivity contribution in [3.8, 4) is 5.75 Å². The molecular weight excluding hydrogens is 255 g/mol. The van der Waals surface area contributed by atoms with Gasteiger partial charge in [0, 0.05) is 0 Å². The largest absolute Gasteiger partial charge is 0.486 e. The number of hydrogen-bond donors (Lipinski definition) is 1. The number of rotatable bonds is 0. The Bertz CT molecular complexity index is 472. The van der Waals surface area contributed by atoms with E-state index in [1.165, 1.54) is 12.5 Å². The number of hydrogen-bond acceptors (Lipinski definition) is 2. The highest BCUT2D eigenvalue weighted by atomic mass is 19.4. The van der Waals surface area contributed by atoms with Crippen LogP contribution in [0.5, 0.6) is 5.75 Å². The van der Waals surface area contributed by atoms with E-state index >= 15 is 0 Å². The highest BCUT2D eigenvalue weighted by Crippen LogP contribution is 2.39. The van der Waals surface area contributed by atoms with Gasteiger partial charge in [0.2, 0.25) is 0 Å². The van der Waals surface area contributed by atoms with Gasteiger partial charge in [-0.15, -0.1) is 0 Å². The lowest BCUT2D eigenvalue weighted by atomic mass is 10.0. The Morgan fingerprint density at radius 3 is 2.68 bits per heavy atom. The normalized spacial score (nSPS) is 26.5. The van der Waals surface area contributed by atoms with Gasteiger partial charge in [0.05, 0.1) is 17.3 Å². The summed E-state index contributed by atoms with van der Waals surface area (Å²) in [4.78, 5) is 0. The van der Waals surface area contributed by atoms with E-state index in [2.05, 4.69) is 5.32 Å². The minimum atomic E-state index is -4.31. The standard InChI is InChI=1S/C14H16F3NO/c15-14(16,17)9-6-7-13-11(8-9)18-10-4-2-1-3-5-12(10)19-13/h6-8,10,12,18H,1-5H2. The quantitative estimate of drug-likeness (QED) is 0.763. The van der Waals surface area contributed by atoms with Crippen LogP contribution in [0.25, 0.3) is 0 Å². The van der Waals surface area contributed by atoms with Crippen LogP contribution >= 0.6 is 0 Å². The Hall–Kier alpha value is -1.39. The van der Waals surface area contributed by atoms with Gasteiger partial charge < -0.3 is 10.1 Å². The Kier molecular flexibility index (Phi) is 3.07. The van der Waals surface area contributed by atoms with Crippen molar-refractivity contribution in [2.75, 3.05) is 5.32 Å². The summed E-state index contributed by atoms with van der Waals surface area (Å²) in [6.45, 7) is 0. The zero-order valence-electron chi connectivity index (χ0n) is 10.5. The first kappa shape index (κ1) is 12.6. The van der Waals surface area contributed by atoms with Crippen molar-refractivity contribution in [2.24, 2.45) is 0 Å². The molecule has 2 unspecified atom stereocenters. The lowest BCUT2D eigenvalue weighted by Gasteiger charge is -2.34. The molecule has 0 bridgehead atoms. The molecule has 1 fully saturated rings. The summed E-state index contributed by atoms with van der Waals surface area (Å²) in [7, 11) is 0. The number of anilines is 1. The van der Waals surface area contributed by atoms with Crippen LogP contribution in [0, 0.1) is 0 Å². The molecule has 0 saturated heterocycles. The van der Waals surface area contributed by atoms with Gasteiger partial charge in [-0.3, -0.25) is 0 Å². The van der Waals surface area contributed by atoms with E-state index in [4.69, 9.17) is 4.74 Å². The van der Waals surface area contributed by atoms with Crippen LogP contribution in [-0.4, -0.2) is 12.1 Å². The van der Waals surface area contributed by atoms with Crippen LogP contribution < -0.4 is 10.1 Å². The van der Waals surface area contributed by atoms with E-state index in [9.17, 15) is 13.2 Å². The van der Waals surface area contributed by atoms with E-state index in [0.717, 1.165) is 37.8 Å². The predicted octanol–water partition coefficient (Wildman–Crippen LogP) is 4.21. The fourth-order valence-corrected chi connectivity index (χ4v) is 2.86. The third-order valence-corrected chi connectivity index (χ3v) is 3.88. The lowest BCUT2D eigenvalue weighted by molar-refractivity contribution is -0.137. The van der Waals surface area contributed by atoms with Crippen LogP contribution in [0.1, 0.15) is 37.7 Å². The monoisotopic (exact) mass is 271 g/mol. The summed E-state index contributed by atoms with van der Waals surface area (Å²) in [5.41, 5.74) is -0.160. The van der Waals surface area contributed by atoms with Crippen LogP contribution in [-0.2, 0) is 6.18 Å². The van der Waals surface area contributed by atoms with Gasteiger partial charge in [0.25, 0.3) is 0 Å². The molecule has 1 aromatic rings. The maximum absolute atomic E-state index is 12.7. The van der Waals surface area contributed by atoms with Crippen LogP contribution in [0.3, 0.4) is 0 Å². The average Bonchev–Trinajstić information content (AvgIpc) is 2.58. The molecule has 1 N–H and O–H groups in total. The van der Waals surface area contributed by atoms with Gasteiger partial charge in [0.15, 0.2) is 0 Å². The second-order valence-corrected chi connectivity index (χ2v) is 5.25. The number of nitrogens with one attached hydrogen (secondary N) is 1. The minimum absolute atomic E-state index is 0.0896. The second-order valence-electron chi connectivity index (χ2n) is 5.25. The molecule has 0 amide bonds. The summed E-state index contributed by atoms with van der Waals surface area (Å²) in [5.74, 6) is 0.538. The highest BCUT2D eigenvalue weighted by molar-refractivity contribution is 5.60. The molecule has 0 aromatic heterocycles. The van der Waals surface area contributed by atoms with Gasteiger partial charge in [0.1, 0.15) is 11.9 Å². The first-order valence-corrected chi connectivity index (χ1v) is 6.68. The molecule has 19 heavy (non-hydrogen) atoms. The molecule has 2 atom stereocenters. The molecule has 1 heterocycles.